The minimum atomic E-state index is -3.38. The SMILES string of the molecule is CCCCCCC(C)NS(=O)(=O)c1ccc(CN)s1. The van der Waals surface area contributed by atoms with Crippen LogP contribution in [-0.2, 0) is 16.6 Å². The van der Waals surface area contributed by atoms with Crippen LogP contribution in [0.3, 0.4) is 0 Å². The highest BCUT2D eigenvalue weighted by Crippen LogP contribution is 2.21. The summed E-state index contributed by atoms with van der Waals surface area (Å²) in [4.78, 5) is 0.885. The Labute approximate surface area is 120 Å². The molecule has 1 atom stereocenters. The maximum atomic E-state index is 12.1. The van der Waals surface area contributed by atoms with Crippen LogP contribution in [-0.4, -0.2) is 14.5 Å². The lowest BCUT2D eigenvalue weighted by molar-refractivity contribution is 0.523. The summed E-state index contributed by atoms with van der Waals surface area (Å²) < 4.78 is 27.3. The minimum absolute atomic E-state index is 0.0229. The van der Waals surface area contributed by atoms with E-state index in [2.05, 4.69) is 11.6 Å². The molecule has 4 nitrogen and oxygen atoms in total. The summed E-state index contributed by atoms with van der Waals surface area (Å²) in [6.07, 6.45) is 5.52. The summed E-state index contributed by atoms with van der Waals surface area (Å²) >= 11 is 1.24. The fourth-order valence-corrected chi connectivity index (χ4v) is 4.40. The summed E-state index contributed by atoms with van der Waals surface area (Å²) in [6.45, 7) is 4.46. The van der Waals surface area contributed by atoms with Gasteiger partial charge >= 0.3 is 0 Å². The largest absolute Gasteiger partial charge is 0.326 e. The van der Waals surface area contributed by atoms with Crippen molar-refractivity contribution in [3.63, 3.8) is 0 Å². The molecule has 1 aromatic rings. The number of hydrogen-bond acceptors (Lipinski definition) is 4. The van der Waals surface area contributed by atoms with Gasteiger partial charge in [-0.3, -0.25) is 0 Å². The molecule has 1 heterocycles. The van der Waals surface area contributed by atoms with E-state index in [4.69, 9.17) is 5.73 Å². The molecule has 0 aliphatic carbocycles. The van der Waals surface area contributed by atoms with E-state index in [1.54, 1.807) is 12.1 Å². The Morgan fingerprint density at radius 1 is 1.32 bits per heavy atom. The molecule has 0 fully saturated rings. The van der Waals surface area contributed by atoms with Crippen LogP contribution in [0, 0.1) is 0 Å². The first-order valence-electron chi connectivity index (χ1n) is 6.80. The third-order valence-electron chi connectivity index (χ3n) is 2.95. The second-order valence-corrected chi connectivity index (χ2v) is 7.91. The predicted molar refractivity (Wildman–Crippen MR) is 80.8 cm³/mol. The van der Waals surface area contributed by atoms with Gasteiger partial charge in [0.15, 0.2) is 0 Å². The second-order valence-electron chi connectivity index (χ2n) is 4.80. The van der Waals surface area contributed by atoms with Crippen molar-refractivity contribution >= 4 is 21.4 Å². The zero-order valence-electron chi connectivity index (χ0n) is 11.7. The summed E-state index contributed by atoms with van der Waals surface area (Å²) in [7, 11) is -3.38. The molecule has 0 saturated carbocycles. The van der Waals surface area contributed by atoms with Crippen LogP contribution in [0.2, 0.25) is 0 Å². The number of hydrogen-bond donors (Lipinski definition) is 2. The van der Waals surface area contributed by atoms with Crippen LogP contribution < -0.4 is 10.5 Å². The maximum Gasteiger partial charge on any atom is 0.250 e. The van der Waals surface area contributed by atoms with Gasteiger partial charge in [0.2, 0.25) is 10.0 Å². The van der Waals surface area contributed by atoms with Gasteiger partial charge in [0.25, 0.3) is 0 Å². The molecule has 0 radical (unpaired) electrons. The zero-order valence-corrected chi connectivity index (χ0v) is 13.3. The standard InChI is InChI=1S/C13H24N2O2S2/c1-3-4-5-6-7-11(2)15-19(16,17)13-9-8-12(10-14)18-13/h8-9,11,15H,3-7,10,14H2,1-2H3. The highest BCUT2D eigenvalue weighted by atomic mass is 32.2. The van der Waals surface area contributed by atoms with E-state index in [0.717, 1.165) is 17.7 Å². The lowest BCUT2D eigenvalue weighted by Gasteiger charge is -2.13. The van der Waals surface area contributed by atoms with Crippen LogP contribution in [0.4, 0.5) is 0 Å². The first kappa shape index (κ1) is 16.6. The number of unbranched alkanes of at least 4 members (excludes halogenated alkanes) is 3. The molecule has 3 N–H and O–H groups in total. The number of nitrogens with one attached hydrogen (secondary N) is 1. The van der Waals surface area contributed by atoms with Gasteiger partial charge in [-0.15, -0.1) is 11.3 Å². The van der Waals surface area contributed by atoms with Crippen LogP contribution >= 0.6 is 11.3 Å². The summed E-state index contributed by atoms with van der Waals surface area (Å²) in [5, 5.41) is 0. The average Bonchev–Trinajstić information content (AvgIpc) is 2.83. The molecule has 0 bridgehead atoms. The second kappa shape index (κ2) is 7.99. The van der Waals surface area contributed by atoms with Crippen molar-refractivity contribution in [1.29, 1.82) is 0 Å². The predicted octanol–water partition coefficient (Wildman–Crippen LogP) is 2.84. The molecule has 1 aromatic heterocycles. The van der Waals surface area contributed by atoms with Crippen molar-refractivity contribution in [1.82, 2.24) is 4.72 Å². The van der Waals surface area contributed by atoms with Crippen molar-refractivity contribution < 1.29 is 8.42 Å². The lowest BCUT2D eigenvalue weighted by Crippen LogP contribution is -2.32. The third-order valence-corrected chi connectivity index (χ3v) is 6.14. The Morgan fingerprint density at radius 3 is 2.63 bits per heavy atom. The van der Waals surface area contributed by atoms with E-state index in [1.165, 1.54) is 30.6 Å². The third kappa shape index (κ3) is 5.60. The molecule has 0 aliphatic heterocycles. The Hall–Kier alpha value is -0.430. The van der Waals surface area contributed by atoms with Crippen LogP contribution in [0.1, 0.15) is 50.8 Å². The molecule has 0 spiro atoms. The Bertz CT molecular complexity index is 469. The van der Waals surface area contributed by atoms with Gasteiger partial charge in [-0.2, -0.15) is 0 Å². The number of sulfonamides is 1. The van der Waals surface area contributed by atoms with E-state index in [0.29, 0.717) is 10.8 Å². The van der Waals surface area contributed by atoms with E-state index >= 15 is 0 Å². The number of rotatable bonds is 9. The monoisotopic (exact) mass is 304 g/mol. The molecule has 110 valence electrons. The van der Waals surface area contributed by atoms with E-state index < -0.39 is 10.0 Å². The Morgan fingerprint density at radius 2 is 2.05 bits per heavy atom. The van der Waals surface area contributed by atoms with Crippen molar-refractivity contribution in [3.8, 4) is 0 Å². The van der Waals surface area contributed by atoms with Gasteiger partial charge in [0, 0.05) is 17.5 Å². The number of thiophene rings is 1. The quantitative estimate of drug-likeness (QED) is 0.689. The van der Waals surface area contributed by atoms with Gasteiger partial charge in [0.1, 0.15) is 4.21 Å². The smallest absolute Gasteiger partial charge is 0.250 e. The molecule has 1 rings (SSSR count). The van der Waals surface area contributed by atoms with Crippen LogP contribution in [0.25, 0.3) is 0 Å². The summed E-state index contributed by atoms with van der Waals surface area (Å²) in [6, 6.07) is 3.37. The molecule has 1 unspecified atom stereocenters. The van der Waals surface area contributed by atoms with Gasteiger partial charge in [-0.25, -0.2) is 13.1 Å². The van der Waals surface area contributed by atoms with Crippen molar-refractivity contribution in [2.24, 2.45) is 5.73 Å². The van der Waals surface area contributed by atoms with Crippen molar-refractivity contribution in [3.05, 3.63) is 17.0 Å². The lowest BCUT2D eigenvalue weighted by atomic mass is 10.1. The first-order valence-corrected chi connectivity index (χ1v) is 9.10. The van der Waals surface area contributed by atoms with Crippen LogP contribution in [0.5, 0.6) is 0 Å². The van der Waals surface area contributed by atoms with E-state index in [1.807, 2.05) is 6.92 Å². The van der Waals surface area contributed by atoms with E-state index in [-0.39, 0.29) is 6.04 Å². The maximum absolute atomic E-state index is 12.1. The Balaban J connectivity index is 2.49. The molecule has 6 heteroatoms. The average molecular weight is 304 g/mol. The molecule has 0 saturated heterocycles. The first-order chi connectivity index (χ1) is 8.99. The molecule has 0 amide bonds. The van der Waals surface area contributed by atoms with Gasteiger partial charge in [0.05, 0.1) is 0 Å². The molecular formula is C13H24N2O2S2. The highest BCUT2D eigenvalue weighted by molar-refractivity contribution is 7.91. The molecule has 0 aliphatic rings. The van der Waals surface area contributed by atoms with Gasteiger partial charge in [-0.05, 0) is 25.5 Å². The fourth-order valence-electron chi connectivity index (χ4n) is 1.87. The van der Waals surface area contributed by atoms with Crippen LogP contribution in [0.15, 0.2) is 16.3 Å². The zero-order chi connectivity index (χ0) is 14.3. The summed E-state index contributed by atoms with van der Waals surface area (Å²) in [5.74, 6) is 0. The van der Waals surface area contributed by atoms with Gasteiger partial charge < -0.3 is 5.73 Å². The van der Waals surface area contributed by atoms with Gasteiger partial charge in [-0.1, -0.05) is 32.6 Å². The van der Waals surface area contributed by atoms with E-state index in [9.17, 15) is 8.42 Å². The van der Waals surface area contributed by atoms with Crippen molar-refractivity contribution in [2.45, 2.75) is 62.7 Å². The van der Waals surface area contributed by atoms with Crippen molar-refractivity contribution in [2.75, 3.05) is 0 Å². The molecule has 0 aromatic carbocycles. The highest BCUT2D eigenvalue weighted by Gasteiger charge is 2.19. The fraction of sp³-hybridized carbons (Fsp3) is 0.692. The topological polar surface area (TPSA) is 72.2 Å². The Kier molecular flexibility index (Phi) is 6.99. The number of nitrogens with two attached hydrogens (primary N) is 1. The molecular weight excluding hydrogens is 280 g/mol. The molecule has 19 heavy (non-hydrogen) atoms. The normalized spacial score (nSPS) is 13.6. The summed E-state index contributed by atoms with van der Waals surface area (Å²) in [5.41, 5.74) is 5.50. The minimum Gasteiger partial charge on any atom is -0.326 e.